The molecule has 29 heavy (non-hydrogen) atoms. The van der Waals surface area contributed by atoms with Crippen molar-refractivity contribution in [3.63, 3.8) is 0 Å². The Bertz CT molecular complexity index is 791. The highest BCUT2D eigenvalue weighted by molar-refractivity contribution is 5.87. The van der Waals surface area contributed by atoms with Crippen LogP contribution in [0.25, 0.3) is 0 Å². The van der Waals surface area contributed by atoms with E-state index in [0.29, 0.717) is 50.3 Å². The van der Waals surface area contributed by atoms with E-state index in [0.717, 1.165) is 18.4 Å². The van der Waals surface area contributed by atoms with Gasteiger partial charge in [-0.25, -0.2) is 9.18 Å². The molecule has 8 nitrogen and oxygen atoms in total. The Morgan fingerprint density at radius 3 is 2.72 bits per heavy atom. The molecule has 4 heterocycles. The van der Waals surface area contributed by atoms with Crippen LogP contribution in [0, 0.1) is 5.92 Å². The molecule has 2 saturated heterocycles. The highest BCUT2D eigenvalue weighted by Crippen LogP contribution is 2.41. The van der Waals surface area contributed by atoms with E-state index in [4.69, 9.17) is 15.2 Å². The van der Waals surface area contributed by atoms with Gasteiger partial charge in [0.15, 0.2) is 11.6 Å². The smallest absolute Gasteiger partial charge is 0.333 e. The van der Waals surface area contributed by atoms with Crippen molar-refractivity contribution >= 4 is 18.4 Å². The fourth-order valence-corrected chi connectivity index (χ4v) is 4.68. The van der Waals surface area contributed by atoms with Gasteiger partial charge in [0.25, 0.3) is 0 Å². The maximum Gasteiger partial charge on any atom is 0.333 e. The molecule has 2 atom stereocenters. The lowest BCUT2D eigenvalue weighted by Gasteiger charge is -2.42. The third kappa shape index (κ3) is 3.39. The molecule has 4 N–H and O–H groups in total. The van der Waals surface area contributed by atoms with Crippen molar-refractivity contribution in [2.75, 3.05) is 32.8 Å². The number of dihydropyridines is 1. The van der Waals surface area contributed by atoms with Gasteiger partial charge < -0.3 is 35.4 Å². The topological polar surface area (TPSA) is 100 Å². The molecule has 0 aromatic heterocycles. The summed E-state index contributed by atoms with van der Waals surface area (Å²) in [4.78, 5) is 15.4. The monoisotopic (exact) mass is 428 g/mol. The molecular formula is C19H26ClFN4O4. The maximum absolute atomic E-state index is 15.0. The van der Waals surface area contributed by atoms with Gasteiger partial charge in [0.1, 0.15) is 12.0 Å². The van der Waals surface area contributed by atoms with Gasteiger partial charge in [0.2, 0.25) is 0 Å². The molecule has 0 aromatic rings. The van der Waals surface area contributed by atoms with Crippen LogP contribution < -0.4 is 11.1 Å². The van der Waals surface area contributed by atoms with Crippen molar-refractivity contribution in [3.05, 3.63) is 35.1 Å². The molecular weight excluding hydrogens is 403 g/mol. The number of hydrogen-bond donors (Lipinski definition) is 3. The lowest BCUT2D eigenvalue weighted by molar-refractivity contribution is -0.170. The first-order valence-corrected chi connectivity index (χ1v) is 9.82. The number of carboxylic acid groups (broad SMARTS) is 1. The largest absolute Gasteiger partial charge is 0.478 e. The Balaban J connectivity index is 0.00000205. The standard InChI is InChI=1S/C19H25FN4O4.ClH/c20-15-6-11-5-12(18(25)26)8-24(14-1-2-14)16(11)22-17(15)23-9-13(7-21)19(10-23)27-3-4-28-19;/h6,8,13-14,16,22H,1-5,7,9-10,21H2,(H,25,26);1H. The number of aliphatic carboxylic acids is 1. The van der Waals surface area contributed by atoms with Gasteiger partial charge in [0, 0.05) is 37.7 Å². The van der Waals surface area contributed by atoms with Crippen molar-refractivity contribution in [1.29, 1.82) is 0 Å². The number of carbonyl (C=O) groups is 1. The molecule has 0 bridgehead atoms. The van der Waals surface area contributed by atoms with Gasteiger partial charge >= 0.3 is 5.97 Å². The lowest BCUT2D eigenvalue weighted by atomic mass is 9.96. The van der Waals surface area contributed by atoms with Gasteiger partial charge in [-0.15, -0.1) is 12.4 Å². The van der Waals surface area contributed by atoms with Crippen molar-refractivity contribution in [2.45, 2.75) is 37.3 Å². The molecule has 1 aliphatic carbocycles. The van der Waals surface area contributed by atoms with Crippen LogP contribution in [-0.2, 0) is 14.3 Å². The minimum atomic E-state index is -0.956. The first kappa shape index (κ1) is 20.5. The summed E-state index contributed by atoms with van der Waals surface area (Å²) in [5, 5.41) is 12.7. The normalized spacial score (nSPS) is 30.6. The summed E-state index contributed by atoms with van der Waals surface area (Å²) in [7, 11) is 0. The zero-order chi connectivity index (χ0) is 19.5. The molecule has 160 valence electrons. The summed E-state index contributed by atoms with van der Waals surface area (Å²) in [5.74, 6) is -1.75. The number of likely N-dealkylation sites (tertiary alicyclic amines) is 1. The highest BCUT2D eigenvalue weighted by atomic mass is 35.5. The zero-order valence-corrected chi connectivity index (χ0v) is 16.8. The molecule has 1 saturated carbocycles. The van der Waals surface area contributed by atoms with Gasteiger partial charge in [-0.3, -0.25) is 0 Å². The van der Waals surface area contributed by atoms with Crippen LogP contribution in [0.15, 0.2) is 35.1 Å². The maximum atomic E-state index is 15.0. The number of carboxylic acids is 1. The third-order valence-corrected chi connectivity index (χ3v) is 6.25. The van der Waals surface area contributed by atoms with Gasteiger partial charge in [0.05, 0.1) is 25.3 Å². The van der Waals surface area contributed by atoms with Crippen LogP contribution in [-0.4, -0.2) is 71.7 Å². The average Bonchev–Trinajstić information content (AvgIpc) is 3.32. The Morgan fingerprint density at radius 2 is 2.10 bits per heavy atom. The van der Waals surface area contributed by atoms with Crippen LogP contribution in [0.3, 0.4) is 0 Å². The SMILES string of the molecule is Cl.NCC1CN(C2=C(F)C=C3CC(C(=O)O)=CN(C4CC4)C3N2)CC12OCCO2. The number of nitrogens with one attached hydrogen (secondary N) is 1. The van der Waals surface area contributed by atoms with Crippen LogP contribution in [0.5, 0.6) is 0 Å². The third-order valence-electron chi connectivity index (χ3n) is 6.25. The number of ether oxygens (including phenoxy) is 2. The Labute approximate surface area is 174 Å². The summed E-state index contributed by atoms with van der Waals surface area (Å²) < 4.78 is 26.8. The predicted molar refractivity (Wildman–Crippen MR) is 104 cm³/mol. The van der Waals surface area contributed by atoms with E-state index in [1.54, 1.807) is 6.20 Å². The van der Waals surface area contributed by atoms with E-state index in [2.05, 4.69) is 5.32 Å². The molecule has 5 rings (SSSR count). The van der Waals surface area contributed by atoms with E-state index in [9.17, 15) is 9.90 Å². The van der Waals surface area contributed by atoms with Gasteiger partial charge in [-0.1, -0.05) is 0 Å². The molecule has 5 aliphatic rings. The highest BCUT2D eigenvalue weighted by Gasteiger charge is 2.52. The molecule has 10 heteroatoms. The summed E-state index contributed by atoms with van der Waals surface area (Å²) >= 11 is 0. The molecule has 2 unspecified atom stereocenters. The summed E-state index contributed by atoms with van der Waals surface area (Å²) in [6, 6.07) is 0.293. The van der Waals surface area contributed by atoms with E-state index in [1.165, 1.54) is 6.08 Å². The predicted octanol–water partition coefficient (Wildman–Crippen LogP) is 0.873. The average molecular weight is 429 g/mol. The fraction of sp³-hybridized carbons (Fsp3) is 0.632. The van der Waals surface area contributed by atoms with Crippen molar-refractivity contribution in [3.8, 4) is 0 Å². The Kier molecular flexibility index (Phi) is 5.27. The molecule has 1 spiro atoms. The summed E-state index contributed by atoms with van der Waals surface area (Å²) in [6.07, 6.45) is 5.23. The van der Waals surface area contributed by atoms with E-state index >= 15 is 4.39 Å². The van der Waals surface area contributed by atoms with E-state index in [1.807, 2.05) is 9.80 Å². The molecule has 0 radical (unpaired) electrons. The summed E-state index contributed by atoms with van der Waals surface area (Å²) in [5.41, 5.74) is 6.97. The quantitative estimate of drug-likeness (QED) is 0.606. The number of hydrogen-bond acceptors (Lipinski definition) is 7. The van der Waals surface area contributed by atoms with Crippen molar-refractivity contribution < 1.29 is 23.8 Å². The second kappa shape index (κ2) is 7.46. The van der Waals surface area contributed by atoms with Gasteiger partial charge in [-0.2, -0.15) is 0 Å². The van der Waals surface area contributed by atoms with Crippen molar-refractivity contribution in [2.24, 2.45) is 11.7 Å². The zero-order valence-electron chi connectivity index (χ0n) is 16.0. The Hall–Kier alpha value is -1.81. The lowest BCUT2D eigenvalue weighted by Crippen LogP contribution is -2.52. The van der Waals surface area contributed by atoms with E-state index in [-0.39, 0.29) is 36.7 Å². The first-order chi connectivity index (χ1) is 13.5. The summed E-state index contributed by atoms with van der Waals surface area (Å²) in [6.45, 7) is 2.39. The number of halogens is 2. The van der Waals surface area contributed by atoms with E-state index < -0.39 is 11.8 Å². The second-order valence-electron chi connectivity index (χ2n) is 8.10. The van der Waals surface area contributed by atoms with Gasteiger partial charge in [-0.05, 0) is 24.5 Å². The van der Waals surface area contributed by atoms with Crippen LogP contribution in [0.4, 0.5) is 4.39 Å². The van der Waals surface area contributed by atoms with Crippen LogP contribution in [0.2, 0.25) is 0 Å². The molecule has 3 fully saturated rings. The minimum Gasteiger partial charge on any atom is -0.478 e. The number of rotatable bonds is 4. The molecule has 4 aliphatic heterocycles. The first-order valence-electron chi connectivity index (χ1n) is 9.82. The van der Waals surface area contributed by atoms with Crippen LogP contribution >= 0.6 is 12.4 Å². The number of nitrogens with zero attached hydrogens (tertiary/aromatic N) is 2. The Morgan fingerprint density at radius 1 is 1.38 bits per heavy atom. The van der Waals surface area contributed by atoms with Crippen LogP contribution in [0.1, 0.15) is 19.3 Å². The number of fused-ring (bicyclic) bond motifs is 1. The number of allylic oxidation sites excluding steroid dienone is 2. The number of nitrogens with two attached hydrogens (primary N) is 1. The second-order valence-corrected chi connectivity index (χ2v) is 8.10. The fourth-order valence-electron chi connectivity index (χ4n) is 4.68. The molecule has 0 aromatic carbocycles. The molecule has 0 amide bonds. The minimum absolute atomic E-state index is 0. The van der Waals surface area contributed by atoms with Crippen molar-refractivity contribution in [1.82, 2.24) is 15.1 Å².